The molecule has 1 N–H and O–H groups in total. The molecule has 0 saturated carbocycles. The highest BCUT2D eigenvalue weighted by Crippen LogP contribution is 2.51. The number of benzene rings is 1. The molecular weight excluding hydrogens is 514 g/mol. The molecule has 1 aromatic rings. The molecule has 3 aliphatic rings. The SMILES string of the molecule is CCCCCCCCS(=O)C(C)Cc1ccc2c(c1)OCO2.CO[C@@H]1C(=O)N2[C@@H]1SC(C)(C)[C@@H]2C(=O)O. The van der Waals surface area contributed by atoms with Crippen molar-refractivity contribution in [3.8, 4) is 11.5 Å². The Bertz CT molecular complexity index is 970. The summed E-state index contributed by atoms with van der Waals surface area (Å²) in [7, 11) is 0.731. The third-order valence-corrected chi connectivity index (χ3v) is 10.3. The molecule has 0 bridgehead atoms. The maximum Gasteiger partial charge on any atom is 0.327 e. The second kappa shape index (κ2) is 13.3. The highest BCUT2D eigenvalue weighted by atomic mass is 32.2. The van der Waals surface area contributed by atoms with Crippen LogP contribution < -0.4 is 9.47 Å². The van der Waals surface area contributed by atoms with Crippen LogP contribution in [0, 0.1) is 0 Å². The first kappa shape index (κ1) is 29.8. The van der Waals surface area contributed by atoms with Crippen molar-refractivity contribution in [2.45, 2.75) is 100 Å². The largest absolute Gasteiger partial charge is 0.480 e. The summed E-state index contributed by atoms with van der Waals surface area (Å²) in [5.74, 6) is 1.29. The Kier molecular flexibility index (Phi) is 10.7. The smallest absolute Gasteiger partial charge is 0.327 e. The number of unbranched alkanes of at least 4 members (excludes halogenated alkanes) is 5. The van der Waals surface area contributed by atoms with Crippen LogP contribution >= 0.6 is 11.8 Å². The minimum absolute atomic E-state index is 0.140. The number of carbonyl (C=O) groups excluding carboxylic acids is 1. The molecule has 3 aliphatic heterocycles. The first-order chi connectivity index (χ1) is 17.6. The Morgan fingerprint density at radius 2 is 1.89 bits per heavy atom. The molecular formula is C27H41NO7S2. The maximum absolute atomic E-state index is 12.3. The maximum atomic E-state index is 12.3. The van der Waals surface area contributed by atoms with E-state index in [-0.39, 0.29) is 16.5 Å². The van der Waals surface area contributed by atoms with Gasteiger partial charge in [0.15, 0.2) is 17.6 Å². The number of fused-ring (bicyclic) bond motifs is 2. The van der Waals surface area contributed by atoms with Crippen LogP contribution in [0.2, 0.25) is 0 Å². The predicted octanol–water partition coefficient (Wildman–Crippen LogP) is 4.60. The normalized spacial score (nSPS) is 24.5. The standard InChI is InChI=1S/C18H28O3S.C9H13NO4S/c1-3-4-5-6-7-8-11-22(19)15(2)12-16-9-10-17-18(13-16)21-14-20-17;1-9(2)5(8(12)13)10-6(11)4(14-3)7(10)15-9/h9-10,13,15H,3-8,11-12,14H2,1-2H3;4-5,7H,1-3H3,(H,12,13)/t;4-,5+,7-/m.1/s1. The molecule has 3 heterocycles. The topological polar surface area (TPSA) is 102 Å². The molecule has 0 radical (unpaired) electrons. The summed E-state index contributed by atoms with van der Waals surface area (Å²) in [4.78, 5) is 24.1. The van der Waals surface area contributed by atoms with Gasteiger partial charge in [-0.25, -0.2) is 4.79 Å². The molecule has 2 fully saturated rings. The van der Waals surface area contributed by atoms with Crippen molar-refractivity contribution in [3.63, 3.8) is 0 Å². The fraction of sp³-hybridized carbons (Fsp3) is 0.704. The second-order valence-corrected chi connectivity index (χ2v) is 14.1. The van der Waals surface area contributed by atoms with Crippen LogP contribution in [0.25, 0.3) is 0 Å². The van der Waals surface area contributed by atoms with Crippen LogP contribution in [0.1, 0.15) is 71.8 Å². The number of carbonyl (C=O) groups is 2. The number of hydrogen-bond acceptors (Lipinski definition) is 7. The van der Waals surface area contributed by atoms with E-state index < -0.39 is 33.7 Å². The number of thioether (sulfide) groups is 1. The Balaban J connectivity index is 0.000000220. The van der Waals surface area contributed by atoms with E-state index in [0.717, 1.165) is 30.1 Å². The fourth-order valence-electron chi connectivity index (χ4n) is 4.91. The molecule has 1 amide bonds. The highest BCUT2D eigenvalue weighted by Gasteiger charge is 2.64. The molecule has 1 aromatic carbocycles. The molecule has 8 nitrogen and oxygen atoms in total. The molecule has 0 aliphatic carbocycles. The summed E-state index contributed by atoms with van der Waals surface area (Å²) < 4.78 is 27.6. The van der Waals surface area contributed by atoms with E-state index in [1.165, 1.54) is 61.4 Å². The third-order valence-electron chi connectivity index (χ3n) is 6.99. The molecule has 37 heavy (non-hydrogen) atoms. The zero-order valence-corrected chi connectivity index (χ0v) is 24.2. The van der Waals surface area contributed by atoms with E-state index >= 15 is 0 Å². The lowest BCUT2D eigenvalue weighted by Crippen LogP contribution is -2.66. The van der Waals surface area contributed by atoms with E-state index in [2.05, 4.69) is 13.8 Å². The highest BCUT2D eigenvalue weighted by molar-refractivity contribution is 8.01. The Morgan fingerprint density at radius 3 is 2.57 bits per heavy atom. The van der Waals surface area contributed by atoms with Crippen molar-refractivity contribution in [1.82, 2.24) is 4.90 Å². The van der Waals surface area contributed by atoms with Gasteiger partial charge in [0.05, 0.1) is 0 Å². The van der Waals surface area contributed by atoms with Crippen LogP contribution in [-0.4, -0.2) is 73.3 Å². The lowest BCUT2D eigenvalue weighted by atomic mass is 9.97. The number of amides is 1. The van der Waals surface area contributed by atoms with Crippen LogP contribution in [0.4, 0.5) is 0 Å². The molecule has 0 spiro atoms. The van der Waals surface area contributed by atoms with Gasteiger partial charge in [0.25, 0.3) is 5.91 Å². The van der Waals surface area contributed by atoms with Crippen molar-refractivity contribution in [2.75, 3.05) is 19.7 Å². The van der Waals surface area contributed by atoms with E-state index in [9.17, 15) is 13.8 Å². The monoisotopic (exact) mass is 555 g/mol. The Labute approximate surface area is 227 Å². The van der Waals surface area contributed by atoms with Gasteiger partial charge >= 0.3 is 5.97 Å². The molecule has 0 aromatic heterocycles. The Hall–Kier alpha value is -1.78. The average Bonchev–Trinajstić information content (AvgIpc) is 3.41. The number of hydrogen-bond donors (Lipinski definition) is 1. The number of β-lactam (4-membered cyclic amide) rings is 1. The summed E-state index contributed by atoms with van der Waals surface area (Å²) in [5, 5.41) is 9.15. The van der Waals surface area contributed by atoms with Gasteiger partial charge in [0.2, 0.25) is 6.79 Å². The van der Waals surface area contributed by atoms with Gasteiger partial charge in [-0.05, 0) is 44.4 Å². The zero-order chi connectivity index (χ0) is 27.2. The van der Waals surface area contributed by atoms with E-state index in [0.29, 0.717) is 6.79 Å². The third kappa shape index (κ3) is 7.20. The lowest BCUT2D eigenvalue weighted by molar-refractivity contribution is -0.172. The average molecular weight is 556 g/mol. The minimum atomic E-state index is -0.946. The van der Waals surface area contributed by atoms with E-state index in [4.69, 9.17) is 19.3 Å². The van der Waals surface area contributed by atoms with Gasteiger partial charge in [-0.15, -0.1) is 11.8 Å². The van der Waals surface area contributed by atoms with Crippen molar-refractivity contribution in [1.29, 1.82) is 0 Å². The van der Waals surface area contributed by atoms with Crippen molar-refractivity contribution in [2.24, 2.45) is 0 Å². The van der Waals surface area contributed by atoms with Gasteiger partial charge in [-0.1, -0.05) is 52.0 Å². The van der Waals surface area contributed by atoms with Crippen molar-refractivity contribution >= 4 is 34.4 Å². The van der Waals surface area contributed by atoms with E-state index in [1.807, 2.05) is 32.0 Å². The van der Waals surface area contributed by atoms with Crippen LogP contribution in [0.15, 0.2) is 18.2 Å². The molecule has 5 atom stereocenters. The number of carboxylic acids is 1. The summed E-state index contributed by atoms with van der Waals surface area (Å²) in [6, 6.07) is 5.26. The summed E-state index contributed by atoms with van der Waals surface area (Å²) >= 11 is 1.49. The summed E-state index contributed by atoms with van der Waals surface area (Å²) in [5.41, 5.74) is 1.17. The lowest BCUT2D eigenvalue weighted by Gasteiger charge is -2.42. The summed E-state index contributed by atoms with van der Waals surface area (Å²) in [6.07, 6.45) is 7.85. The summed E-state index contributed by atoms with van der Waals surface area (Å²) in [6.45, 7) is 8.30. The molecule has 208 valence electrons. The molecule has 10 heteroatoms. The van der Waals surface area contributed by atoms with Gasteiger partial charge in [-0.2, -0.15) is 0 Å². The molecule has 4 rings (SSSR count). The van der Waals surface area contributed by atoms with Gasteiger partial charge in [0, 0.05) is 33.7 Å². The Morgan fingerprint density at radius 1 is 1.22 bits per heavy atom. The van der Waals surface area contributed by atoms with Gasteiger partial charge in [-0.3, -0.25) is 9.00 Å². The van der Waals surface area contributed by atoms with Crippen LogP contribution in [0.5, 0.6) is 11.5 Å². The molecule has 2 saturated heterocycles. The number of ether oxygens (including phenoxy) is 3. The number of aliphatic carboxylic acids is 1. The van der Waals surface area contributed by atoms with Gasteiger partial charge in [0.1, 0.15) is 11.4 Å². The van der Waals surface area contributed by atoms with Crippen molar-refractivity contribution < 1.29 is 33.1 Å². The quantitative estimate of drug-likeness (QED) is 0.295. The number of carboxylic acid groups (broad SMARTS) is 1. The number of methoxy groups -OCH3 is 1. The van der Waals surface area contributed by atoms with E-state index in [1.54, 1.807) is 0 Å². The minimum Gasteiger partial charge on any atom is -0.480 e. The number of rotatable bonds is 12. The predicted molar refractivity (Wildman–Crippen MR) is 147 cm³/mol. The first-order valence-corrected chi connectivity index (χ1v) is 15.4. The molecule has 2 unspecified atom stereocenters. The van der Waals surface area contributed by atoms with Crippen molar-refractivity contribution in [3.05, 3.63) is 23.8 Å². The number of nitrogens with zero attached hydrogens (tertiary/aromatic N) is 1. The van der Waals surface area contributed by atoms with Crippen LogP contribution in [-0.2, 0) is 31.5 Å². The van der Waals surface area contributed by atoms with Gasteiger partial charge < -0.3 is 24.2 Å². The first-order valence-electron chi connectivity index (χ1n) is 13.1. The second-order valence-electron chi connectivity index (χ2n) is 10.3. The van der Waals surface area contributed by atoms with Crippen LogP contribution in [0.3, 0.4) is 0 Å². The fourth-order valence-corrected chi connectivity index (χ4v) is 7.84. The zero-order valence-electron chi connectivity index (χ0n) is 22.6.